The minimum absolute atomic E-state index is 0.0269. The maximum Gasteiger partial charge on any atom is 0.338 e. The molecule has 1 N–H and O–H groups in total. The molecule has 104 valence electrons. The molecular formula is C15H21NO3. The van der Waals surface area contributed by atoms with E-state index in [4.69, 9.17) is 4.74 Å². The zero-order valence-corrected chi connectivity index (χ0v) is 11.6. The number of amides is 1. The van der Waals surface area contributed by atoms with Crippen molar-refractivity contribution < 1.29 is 14.3 Å². The number of esters is 1. The van der Waals surface area contributed by atoms with Crippen molar-refractivity contribution in [2.24, 2.45) is 0 Å². The van der Waals surface area contributed by atoms with E-state index in [0.717, 1.165) is 19.3 Å². The number of hydrogen-bond donors (Lipinski definition) is 1. The molecule has 0 spiro atoms. The molecule has 19 heavy (non-hydrogen) atoms. The summed E-state index contributed by atoms with van der Waals surface area (Å²) in [4.78, 5) is 23.3. The van der Waals surface area contributed by atoms with Crippen LogP contribution in [0.3, 0.4) is 0 Å². The Morgan fingerprint density at radius 1 is 1.21 bits per heavy atom. The largest absolute Gasteiger partial charge is 0.462 e. The molecule has 0 aliphatic heterocycles. The third-order valence-corrected chi connectivity index (χ3v) is 2.58. The number of anilines is 1. The lowest BCUT2D eigenvalue weighted by molar-refractivity contribution is -0.116. The number of nitrogens with one attached hydrogen (secondary N) is 1. The molecule has 0 heterocycles. The lowest BCUT2D eigenvalue weighted by Gasteiger charge is -2.07. The van der Waals surface area contributed by atoms with Crippen molar-refractivity contribution in [3.8, 4) is 0 Å². The van der Waals surface area contributed by atoms with Gasteiger partial charge in [0.1, 0.15) is 0 Å². The van der Waals surface area contributed by atoms with Gasteiger partial charge in [-0.05, 0) is 31.0 Å². The van der Waals surface area contributed by atoms with Gasteiger partial charge >= 0.3 is 5.97 Å². The number of benzene rings is 1. The number of hydrogen-bond acceptors (Lipinski definition) is 3. The van der Waals surface area contributed by atoms with Gasteiger partial charge in [-0.1, -0.05) is 26.3 Å². The molecule has 0 fully saturated rings. The first-order valence-corrected chi connectivity index (χ1v) is 6.74. The van der Waals surface area contributed by atoms with E-state index in [2.05, 4.69) is 5.32 Å². The van der Waals surface area contributed by atoms with Crippen molar-refractivity contribution in [1.29, 1.82) is 0 Å². The fraction of sp³-hybridized carbons (Fsp3) is 0.467. The van der Waals surface area contributed by atoms with Gasteiger partial charge in [0.25, 0.3) is 0 Å². The highest BCUT2D eigenvalue weighted by Crippen LogP contribution is 2.12. The molecule has 0 saturated carbocycles. The standard InChI is InChI=1S/C15H21NO3/c1-3-5-9-14(17)16-13-8-6-7-12(11-13)15(18)19-10-4-2/h6-8,11H,3-5,9-10H2,1-2H3,(H,16,17). The molecule has 1 rings (SSSR count). The Balaban J connectivity index is 2.61. The topological polar surface area (TPSA) is 55.4 Å². The Hall–Kier alpha value is -1.84. The van der Waals surface area contributed by atoms with E-state index in [-0.39, 0.29) is 11.9 Å². The summed E-state index contributed by atoms with van der Waals surface area (Å²) in [5.41, 5.74) is 1.09. The first-order chi connectivity index (χ1) is 9.17. The number of carbonyl (C=O) groups excluding carboxylic acids is 2. The molecule has 0 aliphatic rings. The maximum absolute atomic E-state index is 11.7. The van der Waals surface area contributed by atoms with Crippen LogP contribution >= 0.6 is 0 Å². The van der Waals surface area contributed by atoms with E-state index in [1.165, 1.54) is 0 Å². The normalized spacial score (nSPS) is 10.0. The summed E-state index contributed by atoms with van der Waals surface area (Å²) in [6, 6.07) is 6.82. The van der Waals surface area contributed by atoms with Crippen LogP contribution in [0.2, 0.25) is 0 Å². The minimum atomic E-state index is -0.355. The predicted molar refractivity (Wildman–Crippen MR) is 75.2 cm³/mol. The van der Waals surface area contributed by atoms with Gasteiger partial charge in [-0.15, -0.1) is 0 Å². The fourth-order valence-electron chi connectivity index (χ4n) is 1.56. The van der Waals surface area contributed by atoms with Gasteiger partial charge in [-0.3, -0.25) is 4.79 Å². The van der Waals surface area contributed by atoms with Gasteiger partial charge in [0.15, 0.2) is 0 Å². The van der Waals surface area contributed by atoms with Crippen molar-refractivity contribution in [2.45, 2.75) is 39.5 Å². The first kappa shape index (κ1) is 15.2. The summed E-state index contributed by atoms with van der Waals surface area (Å²) in [7, 11) is 0. The summed E-state index contributed by atoms with van der Waals surface area (Å²) in [5, 5.41) is 2.78. The van der Waals surface area contributed by atoms with Crippen molar-refractivity contribution in [3.05, 3.63) is 29.8 Å². The van der Waals surface area contributed by atoms with E-state index in [1.54, 1.807) is 24.3 Å². The van der Waals surface area contributed by atoms with Crippen molar-refractivity contribution >= 4 is 17.6 Å². The molecule has 0 unspecified atom stereocenters. The second-order valence-corrected chi connectivity index (χ2v) is 4.37. The lowest BCUT2D eigenvalue weighted by Crippen LogP contribution is -2.12. The molecule has 1 aromatic rings. The van der Waals surface area contributed by atoms with Crippen molar-refractivity contribution in [2.75, 3.05) is 11.9 Å². The number of rotatable bonds is 7. The SMILES string of the molecule is CCCCC(=O)Nc1cccc(C(=O)OCCC)c1. The molecule has 0 bridgehead atoms. The van der Waals surface area contributed by atoms with Gasteiger partial charge in [0.05, 0.1) is 12.2 Å². The van der Waals surface area contributed by atoms with E-state index in [9.17, 15) is 9.59 Å². The Kier molecular flexibility index (Phi) is 6.64. The van der Waals surface area contributed by atoms with Crippen LogP contribution in [-0.2, 0) is 9.53 Å². The molecule has 4 nitrogen and oxygen atoms in total. The molecule has 0 aliphatic carbocycles. The zero-order chi connectivity index (χ0) is 14.1. The molecule has 0 saturated heterocycles. The second-order valence-electron chi connectivity index (χ2n) is 4.37. The second kappa shape index (κ2) is 8.29. The van der Waals surface area contributed by atoms with Crippen LogP contribution in [0.1, 0.15) is 49.9 Å². The molecule has 0 atom stereocenters. The van der Waals surface area contributed by atoms with Gasteiger partial charge in [0.2, 0.25) is 5.91 Å². The van der Waals surface area contributed by atoms with Crippen LogP contribution in [-0.4, -0.2) is 18.5 Å². The Morgan fingerprint density at radius 2 is 2.00 bits per heavy atom. The summed E-state index contributed by atoms with van der Waals surface area (Å²) in [5.74, 6) is -0.382. The van der Waals surface area contributed by atoms with Crippen LogP contribution < -0.4 is 5.32 Å². The third kappa shape index (κ3) is 5.55. The van der Waals surface area contributed by atoms with E-state index >= 15 is 0 Å². The predicted octanol–water partition coefficient (Wildman–Crippen LogP) is 3.38. The Labute approximate surface area is 114 Å². The summed E-state index contributed by atoms with van der Waals surface area (Å²) >= 11 is 0. The molecular weight excluding hydrogens is 242 g/mol. The summed E-state index contributed by atoms with van der Waals surface area (Å²) < 4.78 is 5.05. The van der Waals surface area contributed by atoms with E-state index < -0.39 is 0 Å². The highest BCUT2D eigenvalue weighted by atomic mass is 16.5. The lowest BCUT2D eigenvalue weighted by atomic mass is 10.2. The zero-order valence-electron chi connectivity index (χ0n) is 11.6. The highest BCUT2D eigenvalue weighted by molar-refractivity contribution is 5.94. The van der Waals surface area contributed by atoms with Gasteiger partial charge in [0, 0.05) is 12.1 Å². The van der Waals surface area contributed by atoms with Gasteiger partial charge in [-0.2, -0.15) is 0 Å². The summed E-state index contributed by atoms with van der Waals surface area (Å²) in [6.45, 7) is 4.39. The van der Waals surface area contributed by atoms with Crippen LogP contribution in [0.15, 0.2) is 24.3 Å². The van der Waals surface area contributed by atoms with Crippen LogP contribution in [0.4, 0.5) is 5.69 Å². The molecule has 1 amide bonds. The fourth-order valence-corrected chi connectivity index (χ4v) is 1.56. The molecule has 4 heteroatoms. The third-order valence-electron chi connectivity index (χ3n) is 2.58. The first-order valence-electron chi connectivity index (χ1n) is 6.74. The number of unbranched alkanes of at least 4 members (excludes halogenated alkanes) is 1. The molecule has 0 aromatic heterocycles. The van der Waals surface area contributed by atoms with Crippen LogP contribution in [0.25, 0.3) is 0 Å². The highest BCUT2D eigenvalue weighted by Gasteiger charge is 2.08. The average molecular weight is 263 g/mol. The quantitative estimate of drug-likeness (QED) is 0.767. The van der Waals surface area contributed by atoms with Crippen LogP contribution in [0.5, 0.6) is 0 Å². The van der Waals surface area contributed by atoms with Gasteiger partial charge < -0.3 is 10.1 Å². The average Bonchev–Trinajstić information content (AvgIpc) is 2.42. The van der Waals surface area contributed by atoms with Gasteiger partial charge in [-0.25, -0.2) is 4.79 Å². The Bertz CT molecular complexity index is 429. The van der Waals surface area contributed by atoms with Crippen molar-refractivity contribution in [1.82, 2.24) is 0 Å². The maximum atomic E-state index is 11.7. The number of ether oxygens (including phenoxy) is 1. The smallest absolute Gasteiger partial charge is 0.338 e. The molecule has 1 aromatic carbocycles. The number of carbonyl (C=O) groups is 2. The Morgan fingerprint density at radius 3 is 2.68 bits per heavy atom. The van der Waals surface area contributed by atoms with Crippen LogP contribution in [0, 0.1) is 0 Å². The molecule has 0 radical (unpaired) electrons. The van der Waals surface area contributed by atoms with Crippen molar-refractivity contribution in [3.63, 3.8) is 0 Å². The monoisotopic (exact) mass is 263 g/mol. The minimum Gasteiger partial charge on any atom is -0.462 e. The van der Waals surface area contributed by atoms with E-state index in [1.807, 2.05) is 13.8 Å². The summed E-state index contributed by atoms with van der Waals surface area (Å²) in [6.07, 6.45) is 3.14. The van der Waals surface area contributed by atoms with E-state index in [0.29, 0.717) is 24.3 Å².